The Morgan fingerprint density at radius 1 is 1.44 bits per heavy atom. The van der Waals surface area contributed by atoms with Crippen LogP contribution >= 0.6 is 0 Å². The van der Waals surface area contributed by atoms with Gasteiger partial charge < -0.3 is 20.3 Å². The third-order valence-electron chi connectivity index (χ3n) is 2.82. The van der Waals surface area contributed by atoms with Gasteiger partial charge in [0.15, 0.2) is 0 Å². The summed E-state index contributed by atoms with van der Waals surface area (Å²) in [5, 5.41) is 13.8. The van der Waals surface area contributed by atoms with Crippen molar-refractivity contribution < 1.29 is 4.92 Å². The second-order valence-corrected chi connectivity index (χ2v) is 3.94. The van der Waals surface area contributed by atoms with Crippen LogP contribution in [0.5, 0.6) is 0 Å². The zero-order valence-corrected chi connectivity index (χ0v) is 10.9. The Hall–Kier alpha value is -1.69. The molecule has 0 fully saturated rings. The summed E-state index contributed by atoms with van der Waals surface area (Å²) in [4.78, 5) is 16.4. The van der Waals surface area contributed by atoms with Gasteiger partial charge in [-0.1, -0.05) is 13.8 Å². The summed E-state index contributed by atoms with van der Waals surface area (Å²) in [5.74, 6) is -0.111. The molecule has 0 unspecified atom stereocenters. The molecule has 1 aromatic heterocycles. The summed E-state index contributed by atoms with van der Waals surface area (Å²) in [7, 11) is 0. The molecule has 0 amide bonds. The van der Waals surface area contributed by atoms with E-state index in [2.05, 4.69) is 29.0 Å². The van der Waals surface area contributed by atoms with Crippen LogP contribution < -0.4 is 5.32 Å². The van der Waals surface area contributed by atoms with Crippen molar-refractivity contribution in [1.82, 2.24) is 9.88 Å². The fourth-order valence-electron chi connectivity index (χ4n) is 1.75. The number of nitro groups is 1. The van der Waals surface area contributed by atoms with Crippen molar-refractivity contribution in [2.45, 2.75) is 20.3 Å². The number of anilines is 1. The average molecular weight is 252 g/mol. The molecule has 0 bridgehead atoms. The highest BCUT2D eigenvalue weighted by Gasteiger charge is 2.13. The Kier molecular flexibility index (Phi) is 6.07. The Balaban J connectivity index is 2.42. The highest BCUT2D eigenvalue weighted by molar-refractivity contribution is 5.56. The summed E-state index contributed by atoms with van der Waals surface area (Å²) in [6.07, 6.45) is 2.38. The van der Waals surface area contributed by atoms with Gasteiger partial charge in [0.2, 0.25) is 0 Å². The molecule has 1 aromatic rings. The first-order valence-corrected chi connectivity index (χ1v) is 6.24. The molecule has 0 aliphatic heterocycles. The number of rotatable bonds is 8. The molecule has 6 heteroatoms. The van der Waals surface area contributed by atoms with Gasteiger partial charge in [0.25, 0.3) is 0 Å². The predicted octanol–water partition coefficient (Wildman–Crippen LogP) is 2.13. The number of hydrogen-bond donors (Lipinski definition) is 1. The van der Waals surface area contributed by atoms with Crippen LogP contribution in [0.25, 0.3) is 0 Å². The van der Waals surface area contributed by atoms with Crippen LogP contribution in [0.4, 0.5) is 11.5 Å². The van der Waals surface area contributed by atoms with Gasteiger partial charge >= 0.3 is 5.82 Å². The number of nitrogens with one attached hydrogen (secondary N) is 1. The third-order valence-corrected chi connectivity index (χ3v) is 2.82. The van der Waals surface area contributed by atoms with Crippen molar-refractivity contribution in [3.63, 3.8) is 0 Å². The zero-order valence-electron chi connectivity index (χ0n) is 10.9. The average Bonchev–Trinajstić information content (AvgIpc) is 2.39. The second-order valence-electron chi connectivity index (χ2n) is 3.94. The Bertz CT molecular complexity index is 380. The van der Waals surface area contributed by atoms with E-state index in [9.17, 15) is 10.1 Å². The van der Waals surface area contributed by atoms with E-state index >= 15 is 0 Å². The van der Waals surface area contributed by atoms with Crippen LogP contribution in [-0.4, -0.2) is 41.0 Å². The Morgan fingerprint density at radius 2 is 2.17 bits per heavy atom. The number of pyridine rings is 1. The van der Waals surface area contributed by atoms with E-state index in [0.717, 1.165) is 26.1 Å². The van der Waals surface area contributed by atoms with E-state index in [1.165, 1.54) is 6.20 Å². The fourth-order valence-corrected chi connectivity index (χ4v) is 1.75. The molecule has 100 valence electrons. The lowest BCUT2D eigenvalue weighted by atomic mass is 10.3. The van der Waals surface area contributed by atoms with Crippen molar-refractivity contribution in [3.8, 4) is 0 Å². The van der Waals surface area contributed by atoms with Crippen LogP contribution in [0.2, 0.25) is 0 Å². The number of aromatic nitrogens is 1. The van der Waals surface area contributed by atoms with Crippen molar-refractivity contribution in [3.05, 3.63) is 28.4 Å². The first-order valence-electron chi connectivity index (χ1n) is 6.24. The normalized spacial score (nSPS) is 10.6. The van der Waals surface area contributed by atoms with Crippen LogP contribution in [-0.2, 0) is 0 Å². The van der Waals surface area contributed by atoms with Gasteiger partial charge in [-0.3, -0.25) is 0 Å². The smallest absolute Gasteiger partial charge is 0.378 e. The van der Waals surface area contributed by atoms with Gasteiger partial charge in [-0.2, -0.15) is 0 Å². The van der Waals surface area contributed by atoms with E-state index in [1.807, 2.05) is 0 Å². The van der Waals surface area contributed by atoms with Crippen LogP contribution in [0.15, 0.2) is 18.3 Å². The van der Waals surface area contributed by atoms with Gasteiger partial charge in [-0.25, -0.2) is 0 Å². The molecule has 0 spiro atoms. The first kappa shape index (κ1) is 14.4. The van der Waals surface area contributed by atoms with Gasteiger partial charge in [-0.05, 0) is 48.1 Å². The molecule has 0 aliphatic carbocycles. The van der Waals surface area contributed by atoms with Crippen molar-refractivity contribution in [2.75, 3.05) is 31.5 Å². The molecule has 1 rings (SSSR count). The monoisotopic (exact) mass is 252 g/mol. The van der Waals surface area contributed by atoms with Gasteiger partial charge in [-0.15, -0.1) is 0 Å². The molecule has 1 heterocycles. The fraction of sp³-hybridized carbons (Fsp3) is 0.583. The summed E-state index contributed by atoms with van der Waals surface area (Å²) in [6.45, 7) is 8.02. The largest absolute Gasteiger partial charge is 0.386 e. The lowest BCUT2D eigenvalue weighted by Gasteiger charge is -2.17. The quantitative estimate of drug-likeness (QED) is 0.436. The predicted molar refractivity (Wildman–Crippen MR) is 71.8 cm³/mol. The summed E-state index contributed by atoms with van der Waals surface area (Å²) in [5.41, 5.74) is 0.488. The highest BCUT2D eigenvalue weighted by Crippen LogP contribution is 2.19. The second kappa shape index (κ2) is 7.60. The minimum absolute atomic E-state index is 0.111. The molecule has 0 saturated carbocycles. The van der Waals surface area contributed by atoms with Crippen LogP contribution in [0, 0.1) is 10.1 Å². The van der Waals surface area contributed by atoms with E-state index in [4.69, 9.17) is 0 Å². The lowest BCUT2D eigenvalue weighted by molar-refractivity contribution is -0.388. The number of hydrogen-bond acceptors (Lipinski definition) is 5. The summed E-state index contributed by atoms with van der Waals surface area (Å²) in [6, 6.07) is 3.38. The van der Waals surface area contributed by atoms with Crippen LogP contribution in [0.3, 0.4) is 0 Å². The SMILES string of the molecule is CCN(CC)CCCNc1cccnc1[N+](=O)[O-]. The summed E-state index contributed by atoms with van der Waals surface area (Å²) >= 11 is 0. The third kappa shape index (κ3) is 4.29. The van der Waals surface area contributed by atoms with Crippen LogP contribution in [0.1, 0.15) is 20.3 Å². The van der Waals surface area contributed by atoms with E-state index < -0.39 is 4.92 Å². The maximum atomic E-state index is 10.8. The summed E-state index contributed by atoms with van der Waals surface area (Å²) < 4.78 is 0. The first-order chi connectivity index (χ1) is 8.69. The molecule has 0 atom stereocenters. The van der Waals surface area contributed by atoms with Crippen molar-refractivity contribution >= 4 is 11.5 Å². The van der Waals surface area contributed by atoms with E-state index in [-0.39, 0.29) is 5.82 Å². The molecular weight excluding hydrogens is 232 g/mol. The lowest BCUT2D eigenvalue weighted by Crippen LogP contribution is -2.25. The number of nitrogens with zero attached hydrogens (tertiary/aromatic N) is 3. The minimum atomic E-state index is -0.466. The van der Waals surface area contributed by atoms with E-state index in [1.54, 1.807) is 12.1 Å². The molecule has 6 nitrogen and oxygen atoms in total. The molecule has 0 aliphatic rings. The van der Waals surface area contributed by atoms with Gasteiger partial charge in [0, 0.05) is 6.54 Å². The molecular formula is C12H20N4O2. The maximum absolute atomic E-state index is 10.8. The molecule has 0 aromatic carbocycles. The molecule has 1 N–H and O–H groups in total. The van der Waals surface area contributed by atoms with Gasteiger partial charge in [0.1, 0.15) is 11.9 Å². The highest BCUT2D eigenvalue weighted by atomic mass is 16.6. The Labute approximate surface area is 107 Å². The maximum Gasteiger partial charge on any atom is 0.386 e. The Morgan fingerprint density at radius 3 is 2.78 bits per heavy atom. The molecule has 0 saturated heterocycles. The van der Waals surface area contributed by atoms with Gasteiger partial charge in [0.05, 0.1) is 0 Å². The van der Waals surface area contributed by atoms with Crippen molar-refractivity contribution in [1.29, 1.82) is 0 Å². The topological polar surface area (TPSA) is 71.3 Å². The standard InChI is InChI=1S/C12H20N4O2/c1-3-15(4-2)10-6-9-13-11-7-5-8-14-12(11)16(17)18/h5,7-8,13H,3-4,6,9-10H2,1-2H3. The molecule has 0 radical (unpaired) electrons. The van der Waals surface area contributed by atoms with Crippen molar-refractivity contribution in [2.24, 2.45) is 0 Å². The minimum Gasteiger partial charge on any atom is -0.378 e. The zero-order chi connectivity index (χ0) is 13.4. The molecule has 18 heavy (non-hydrogen) atoms. The van der Waals surface area contributed by atoms with E-state index in [0.29, 0.717) is 12.2 Å².